The first kappa shape index (κ1) is 15.7. The van der Waals surface area contributed by atoms with Crippen LogP contribution in [0.4, 0.5) is 5.69 Å². The number of carbonyl (C=O) groups is 1. The van der Waals surface area contributed by atoms with E-state index in [2.05, 4.69) is 10.6 Å². The van der Waals surface area contributed by atoms with Crippen LogP contribution >= 0.6 is 0 Å². The van der Waals surface area contributed by atoms with Crippen molar-refractivity contribution in [3.8, 4) is 6.07 Å². The molecule has 0 atom stereocenters. The Morgan fingerprint density at radius 1 is 1.35 bits per heavy atom. The summed E-state index contributed by atoms with van der Waals surface area (Å²) in [6.45, 7) is 6.05. The number of benzene rings is 1. The zero-order valence-corrected chi connectivity index (χ0v) is 11.9. The number of aryl methyl sites for hydroxylation is 3. The lowest BCUT2D eigenvalue weighted by Crippen LogP contribution is -2.19. The van der Waals surface area contributed by atoms with E-state index in [0.717, 1.165) is 22.4 Å². The minimum absolute atomic E-state index is 0.0298. The van der Waals surface area contributed by atoms with Crippen LogP contribution in [-0.4, -0.2) is 24.2 Å². The van der Waals surface area contributed by atoms with Crippen molar-refractivity contribution in [1.82, 2.24) is 5.32 Å². The van der Waals surface area contributed by atoms with Crippen LogP contribution < -0.4 is 10.6 Å². The Morgan fingerprint density at radius 2 is 1.95 bits per heavy atom. The highest BCUT2D eigenvalue weighted by atomic mass is 16.3. The Labute approximate surface area is 118 Å². The quantitative estimate of drug-likeness (QED) is 0.431. The van der Waals surface area contributed by atoms with E-state index in [0.29, 0.717) is 6.54 Å². The number of aliphatic hydroxyl groups excluding tert-OH is 1. The molecule has 0 fully saturated rings. The third kappa shape index (κ3) is 4.11. The Bertz CT molecular complexity index is 548. The molecule has 0 spiro atoms. The molecule has 3 N–H and O–H groups in total. The van der Waals surface area contributed by atoms with Gasteiger partial charge >= 0.3 is 0 Å². The summed E-state index contributed by atoms with van der Waals surface area (Å²) in [5, 5.41) is 23.1. The van der Waals surface area contributed by atoms with Gasteiger partial charge in [-0.25, -0.2) is 0 Å². The minimum Gasteiger partial charge on any atom is -0.395 e. The van der Waals surface area contributed by atoms with Crippen molar-refractivity contribution < 1.29 is 9.90 Å². The summed E-state index contributed by atoms with van der Waals surface area (Å²) in [7, 11) is 0. The second kappa shape index (κ2) is 7.31. The number of hydrogen-bond donors (Lipinski definition) is 3. The van der Waals surface area contributed by atoms with E-state index < -0.39 is 5.91 Å². The topological polar surface area (TPSA) is 85.2 Å². The molecule has 0 heterocycles. The summed E-state index contributed by atoms with van der Waals surface area (Å²) in [4.78, 5) is 12.0. The highest BCUT2D eigenvalue weighted by Gasteiger charge is 2.12. The van der Waals surface area contributed by atoms with Gasteiger partial charge in [-0.1, -0.05) is 17.7 Å². The Balaban J connectivity index is 2.90. The van der Waals surface area contributed by atoms with Gasteiger partial charge in [0, 0.05) is 18.4 Å². The maximum atomic E-state index is 12.0. The normalized spacial score (nSPS) is 10.8. The highest BCUT2D eigenvalue weighted by Crippen LogP contribution is 2.22. The molecule has 1 amide bonds. The second-order valence-electron chi connectivity index (χ2n) is 4.58. The van der Waals surface area contributed by atoms with Gasteiger partial charge in [-0.3, -0.25) is 4.79 Å². The molecule has 0 aliphatic heterocycles. The lowest BCUT2D eigenvalue weighted by atomic mass is 10.0. The zero-order chi connectivity index (χ0) is 15.1. The molecule has 5 heteroatoms. The van der Waals surface area contributed by atoms with E-state index in [1.807, 2.05) is 39.0 Å². The van der Waals surface area contributed by atoms with Gasteiger partial charge in [0.1, 0.15) is 11.6 Å². The number of hydrogen-bond acceptors (Lipinski definition) is 4. The summed E-state index contributed by atoms with van der Waals surface area (Å²) in [6, 6.07) is 5.79. The SMILES string of the molecule is Cc1cc(C)c(NC(=O)/C(C#N)=C\NCCO)c(C)c1. The third-order valence-corrected chi connectivity index (χ3v) is 2.78. The molecule has 20 heavy (non-hydrogen) atoms. The van der Waals surface area contributed by atoms with Crippen molar-refractivity contribution in [3.05, 3.63) is 40.6 Å². The Kier molecular flexibility index (Phi) is 5.75. The van der Waals surface area contributed by atoms with Crippen molar-refractivity contribution in [2.75, 3.05) is 18.5 Å². The van der Waals surface area contributed by atoms with Crippen molar-refractivity contribution in [2.24, 2.45) is 0 Å². The predicted octanol–water partition coefficient (Wildman–Crippen LogP) is 1.54. The largest absolute Gasteiger partial charge is 0.395 e. The van der Waals surface area contributed by atoms with Crippen molar-refractivity contribution in [3.63, 3.8) is 0 Å². The Hall–Kier alpha value is -2.32. The van der Waals surface area contributed by atoms with Gasteiger partial charge in [0.15, 0.2) is 0 Å². The molecule has 0 aliphatic carbocycles. The molecule has 0 bridgehead atoms. The third-order valence-electron chi connectivity index (χ3n) is 2.78. The van der Waals surface area contributed by atoms with Crippen LogP contribution in [0.2, 0.25) is 0 Å². The van der Waals surface area contributed by atoms with Gasteiger partial charge < -0.3 is 15.7 Å². The molecule has 5 nitrogen and oxygen atoms in total. The molecule has 0 saturated heterocycles. The Morgan fingerprint density at radius 3 is 2.45 bits per heavy atom. The van der Waals surface area contributed by atoms with E-state index in [1.165, 1.54) is 6.20 Å². The molecule has 0 unspecified atom stereocenters. The van der Waals surface area contributed by atoms with E-state index in [4.69, 9.17) is 10.4 Å². The summed E-state index contributed by atoms with van der Waals surface area (Å²) >= 11 is 0. The van der Waals surface area contributed by atoms with Gasteiger partial charge in [-0.15, -0.1) is 0 Å². The molecule has 1 aromatic rings. The fraction of sp³-hybridized carbons (Fsp3) is 0.333. The molecule has 1 rings (SSSR count). The maximum absolute atomic E-state index is 12.0. The molecule has 0 aliphatic rings. The number of amides is 1. The van der Waals surface area contributed by atoms with Gasteiger partial charge in [0.2, 0.25) is 0 Å². The van der Waals surface area contributed by atoms with Crippen LogP contribution in [0.5, 0.6) is 0 Å². The smallest absolute Gasteiger partial charge is 0.267 e. The molecule has 106 valence electrons. The molecular weight excluding hydrogens is 254 g/mol. The van der Waals surface area contributed by atoms with Crippen molar-refractivity contribution in [2.45, 2.75) is 20.8 Å². The summed E-state index contributed by atoms with van der Waals surface area (Å²) < 4.78 is 0. The van der Waals surface area contributed by atoms with Crippen LogP contribution in [-0.2, 0) is 4.79 Å². The number of aliphatic hydroxyl groups is 1. The van der Waals surface area contributed by atoms with E-state index in [1.54, 1.807) is 0 Å². The monoisotopic (exact) mass is 273 g/mol. The summed E-state index contributed by atoms with van der Waals surface area (Å²) in [5.41, 5.74) is 3.73. The van der Waals surface area contributed by atoms with Crippen LogP contribution in [0, 0.1) is 32.1 Å². The molecule has 0 saturated carbocycles. The fourth-order valence-corrected chi connectivity index (χ4v) is 1.95. The lowest BCUT2D eigenvalue weighted by Gasteiger charge is -2.12. The van der Waals surface area contributed by atoms with Gasteiger partial charge in [0.05, 0.1) is 6.61 Å². The number of nitriles is 1. The van der Waals surface area contributed by atoms with E-state index in [-0.39, 0.29) is 12.2 Å². The van der Waals surface area contributed by atoms with Crippen molar-refractivity contribution in [1.29, 1.82) is 5.26 Å². The van der Waals surface area contributed by atoms with Crippen LogP contribution in [0.3, 0.4) is 0 Å². The molecule has 0 aromatic heterocycles. The number of carbonyl (C=O) groups excluding carboxylic acids is 1. The van der Waals surface area contributed by atoms with Gasteiger partial charge in [-0.2, -0.15) is 5.26 Å². The van der Waals surface area contributed by atoms with Gasteiger partial charge in [0.25, 0.3) is 5.91 Å². The average molecular weight is 273 g/mol. The summed E-state index contributed by atoms with van der Waals surface area (Å²) in [5.74, 6) is -0.465. The fourth-order valence-electron chi connectivity index (χ4n) is 1.95. The number of anilines is 1. The molecule has 1 aromatic carbocycles. The van der Waals surface area contributed by atoms with Crippen LogP contribution in [0.1, 0.15) is 16.7 Å². The first-order valence-electron chi connectivity index (χ1n) is 6.33. The summed E-state index contributed by atoms with van der Waals surface area (Å²) in [6.07, 6.45) is 1.31. The minimum atomic E-state index is -0.465. The van der Waals surface area contributed by atoms with E-state index >= 15 is 0 Å². The predicted molar refractivity (Wildman–Crippen MR) is 78.1 cm³/mol. The standard InChI is InChI=1S/C15H19N3O2/c1-10-6-11(2)14(12(3)7-10)18-15(20)13(8-16)9-17-4-5-19/h6-7,9,17,19H,4-5H2,1-3H3,(H,18,20)/b13-9-. The number of nitrogens with one attached hydrogen (secondary N) is 2. The first-order chi connectivity index (χ1) is 9.49. The highest BCUT2D eigenvalue weighted by molar-refractivity contribution is 6.07. The van der Waals surface area contributed by atoms with E-state index in [9.17, 15) is 4.79 Å². The van der Waals surface area contributed by atoms with Crippen LogP contribution in [0.15, 0.2) is 23.9 Å². The first-order valence-corrected chi connectivity index (χ1v) is 6.33. The molecular formula is C15H19N3O2. The maximum Gasteiger partial charge on any atom is 0.267 e. The number of rotatable bonds is 5. The van der Waals surface area contributed by atoms with Gasteiger partial charge in [-0.05, 0) is 31.9 Å². The lowest BCUT2D eigenvalue weighted by molar-refractivity contribution is -0.112. The van der Waals surface area contributed by atoms with Crippen LogP contribution in [0.25, 0.3) is 0 Å². The second-order valence-corrected chi connectivity index (χ2v) is 4.58. The number of nitrogens with zero attached hydrogens (tertiary/aromatic N) is 1. The molecule has 0 radical (unpaired) electrons. The zero-order valence-electron chi connectivity index (χ0n) is 11.9. The average Bonchev–Trinajstić information content (AvgIpc) is 2.38. The van der Waals surface area contributed by atoms with Crippen molar-refractivity contribution >= 4 is 11.6 Å².